The van der Waals surface area contributed by atoms with Crippen molar-refractivity contribution in [2.45, 2.75) is 6.92 Å². The van der Waals surface area contributed by atoms with Crippen LogP contribution in [0.15, 0.2) is 53.6 Å². The van der Waals surface area contributed by atoms with E-state index in [4.69, 9.17) is 23.2 Å². The molecule has 3 aromatic rings. The van der Waals surface area contributed by atoms with Gasteiger partial charge in [0.2, 0.25) is 0 Å². The maximum Gasteiger partial charge on any atom is 0.259 e. The minimum Gasteiger partial charge on any atom is -0.376 e. The molecule has 1 aromatic heterocycles. The molecule has 0 saturated carbocycles. The fraction of sp³-hybridized carbons (Fsp3) is 0.105. The van der Waals surface area contributed by atoms with Crippen molar-refractivity contribution in [1.29, 1.82) is 0 Å². The Bertz CT molecular complexity index is 1020. The molecule has 1 heterocycles. The van der Waals surface area contributed by atoms with Crippen molar-refractivity contribution < 1.29 is 9.18 Å². The Morgan fingerprint density at radius 2 is 2.00 bits per heavy atom. The van der Waals surface area contributed by atoms with Crippen LogP contribution in [0.5, 0.6) is 0 Å². The van der Waals surface area contributed by atoms with E-state index in [1.807, 2.05) is 6.07 Å². The standard InChI is InChI=1S/C19H16Cl2FN5O/c1-12-17(19(21)27(26-12)16-4-2-3-13(20)9-16)10-24-25-18(28)11-23-15-7-5-14(22)6-8-15/h2-10,23H,11H2,1H3,(H,25,28)/b24-10-. The second kappa shape index (κ2) is 8.86. The van der Waals surface area contributed by atoms with Crippen molar-refractivity contribution in [3.63, 3.8) is 0 Å². The number of hydrogen-bond donors (Lipinski definition) is 2. The van der Waals surface area contributed by atoms with Crippen LogP contribution in [0.3, 0.4) is 0 Å². The van der Waals surface area contributed by atoms with E-state index in [-0.39, 0.29) is 18.3 Å². The molecule has 6 nitrogen and oxygen atoms in total. The van der Waals surface area contributed by atoms with Crippen molar-refractivity contribution in [3.8, 4) is 5.69 Å². The van der Waals surface area contributed by atoms with Gasteiger partial charge in [-0.25, -0.2) is 14.5 Å². The minimum absolute atomic E-state index is 0.0164. The highest BCUT2D eigenvalue weighted by Gasteiger charge is 2.13. The highest BCUT2D eigenvalue weighted by atomic mass is 35.5. The van der Waals surface area contributed by atoms with Gasteiger partial charge in [0.15, 0.2) is 0 Å². The molecule has 0 atom stereocenters. The van der Waals surface area contributed by atoms with Crippen LogP contribution >= 0.6 is 23.2 Å². The van der Waals surface area contributed by atoms with Gasteiger partial charge in [-0.3, -0.25) is 4.79 Å². The summed E-state index contributed by atoms with van der Waals surface area (Å²) in [4.78, 5) is 11.9. The van der Waals surface area contributed by atoms with Gasteiger partial charge in [-0.2, -0.15) is 10.2 Å². The molecule has 3 rings (SSSR count). The molecule has 1 amide bonds. The average molecular weight is 420 g/mol. The molecule has 9 heteroatoms. The Morgan fingerprint density at radius 1 is 1.25 bits per heavy atom. The van der Waals surface area contributed by atoms with Gasteiger partial charge < -0.3 is 5.32 Å². The van der Waals surface area contributed by atoms with Gasteiger partial charge in [0.05, 0.1) is 29.7 Å². The van der Waals surface area contributed by atoms with E-state index in [0.29, 0.717) is 32.8 Å². The highest BCUT2D eigenvalue weighted by Crippen LogP contribution is 2.23. The van der Waals surface area contributed by atoms with Crippen LogP contribution in [-0.4, -0.2) is 28.4 Å². The Hall–Kier alpha value is -2.90. The second-order valence-electron chi connectivity index (χ2n) is 5.84. The fourth-order valence-electron chi connectivity index (χ4n) is 2.40. The highest BCUT2D eigenvalue weighted by molar-refractivity contribution is 6.32. The number of hydrazone groups is 1. The monoisotopic (exact) mass is 419 g/mol. The Balaban J connectivity index is 1.62. The molecule has 0 spiro atoms. The summed E-state index contributed by atoms with van der Waals surface area (Å²) in [6, 6.07) is 12.8. The van der Waals surface area contributed by atoms with Crippen molar-refractivity contribution in [1.82, 2.24) is 15.2 Å². The van der Waals surface area contributed by atoms with Gasteiger partial charge in [0.25, 0.3) is 5.91 Å². The van der Waals surface area contributed by atoms with Crippen LogP contribution in [0, 0.1) is 12.7 Å². The van der Waals surface area contributed by atoms with Crippen LogP contribution in [-0.2, 0) is 4.79 Å². The maximum atomic E-state index is 12.9. The largest absolute Gasteiger partial charge is 0.376 e. The van der Waals surface area contributed by atoms with Crippen molar-refractivity contribution in [2.24, 2.45) is 5.10 Å². The Kier molecular flexibility index (Phi) is 6.28. The van der Waals surface area contributed by atoms with E-state index in [0.717, 1.165) is 0 Å². The van der Waals surface area contributed by atoms with Crippen LogP contribution in [0.25, 0.3) is 5.69 Å². The zero-order chi connectivity index (χ0) is 20.1. The zero-order valence-corrected chi connectivity index (χ0v) is 16.3. The number of amides is 1. The first kappa shape index (κ1) is 19.9. The van der Waals surface area contributed by atoms with Gasteiger partial charge in [-0.05, 0) is 49.4 Å². The lowest BCUT2D eigenvalue weighted by Gasteiger charge is -2.05. The summed E-state index contributed by atoms with van der Waals surface area (Å²) in [6.07, 6.45) is 1.43. The Morgan fingerprint density at radius 3 is 2.71 bits per heavy atom. The number of halogens is 3. The maximum absolute atomic E-state index is 12.9. The zero-order valence-electron chi connectivity index (χ0n) is 14.8. The molecule has 28 heavy (non-hydrogen) atoms. The summed E-state index contributed by atoms with van der Waals surface area (Å²) in [7, 11) is 0. The van der Waals surface area contributed by atoms with Gasteiger partial charge >= 0.3 is 0 Å². The second-order valence-corrected chi connectivity index (χ2v) is 6.63. The molecule has 144 valence electrons. The predicted octanol–water partition coefficient (Wildman–Crippen LogP) is 4.19. The first-order valence-corrected chi connectivity index (χ1v) is 9.02. The van der Waals surface area contributed by atoms with Gasteiger partial charge in [-0.15, -0.1) is 0 Å². The number of nitrogens with one attached hydrogen (secondary N) is 2. The summed E-state index contributed by atoms with van der Waals surface area (Å²) < 4.78 is 14.4. The van der Waals surface area contributed by atoms with Crippen LogP contribution in [0.1, 0.15) is 11.3 Å². The molecule has 0 aliphatic carbocycles. The first-order chi connectivity index (χ1) is 13.4. The SMILES string of the molecule is Cc1nn(-c2cccc(Cl)c2)c(Cl)c1/C=N\NC(=O)CNc1ccc(F)cc1. The topological polar surface area (TPSA) is 71.3 Å². The minimum atomic E-state index is -0.364. The quantitative estimate of drug-likeness (QED) is 0.464. The summed E-state index contributed by atoms with van der Waals surface area (Å²) in [5.41, 5.74) is 4.97. The van der Waals surface area contributed by atoms with E-state index >= 15 is 0 Å². The summed E-state index contributed by atoms with van der Waals surface area (Å²) >= 11 is 12.4. The van der Waals surface area contributed by atoms with Gasteiger partial charge in [0.1, 0.15) is 11.0 Å². The third-order valence-corrected chi connectivity index (χ3v) is 4.38. The average Bonchev–Trinajstić information content (AvgIpc) is 2.96. The van der Waals surface area contributed by atoms with E-state index < -0.39 is 0 Å². The van der Waals surface area contributed by atoms with Crippen molar-refractivity contribution >= 4 is 41.0 Å². The summed E-state index contributed by atoms with van der Waals surface area (Å²) in [5, 5.41) is 12.1. The molecular formula is C19H16Cl2FN5O. The van der Waals surface area contributed by atoms with Gasteiger partial charge in [-0.1, -0.05) is 29.3 Å². The van der Waals surface area contributed by atoms with E-state index in [1.54, 1.807) is 41.9 Å². The van der Waals surface area contributed by atoms with E-state index in [2.05, 4.69) is 20.9 Å². The number of aryl methyl sites for hydroxylation is 1. The Labute approximate surface area is 171 Å². The molecule has 0 aliphatic heterocycles. The van der Waals surface area contributed by atoms with Crippen molar-refractivity contribution in [2.75, 3.05) is 11.9 Å². The lowest BCUT2D eigenvalue weighted by Crippen LogP contribution is -2.25. The molecular weight excluding hydrogens is 404 g/mol. The fourth-order valence-corrected chi connectivity index (χ4v) is 2.90. The van der Waals surface area contributed by atoms with E-state index in [1.165, 1.54) is 18.3 Å². The number of carbonyl (C=O) groups excluding carboxylic acids is 1. The number of rotatable bonds is 6. The number of carbonyl (C=O) groups is 1. The van der Waals surface area contributed by atoms with E-state index in [9.17, 15) is 9.18 Å². The summed E-state index contributed by atoms with van der Waals surface area (Å²) in [6.45, 7) is 1.77. The third-order valence-electron chi connectivity index (χ3n) is 3.78. The smallest absolute Gasteiger partial charge is 0.259 e. The van der Waals surface area contributed by atoms with Crippen LogP contribution in [0.4, 0.5) is 10.1 Å². The first-order valence-electron chi connectivity index (χ1n) is 8.26. The third kappa shape index (κ3) is 4.88. The summed E-state index contributed by atoms with van der Waals surface area (Å²) in [5.74, 6) is -0.707. The predicted molar refractivity (Wildman–Crippen MR) is 109 cm³/mol. The number of hydrogen-bond acceptors (Lipinski definition) is 4. The number of anilines is 1. The molecule has 2 N–H and O–H groups in total. The number of aromatic nitrogens is 2. The van der Waals surface area contributed by atoms with Crippen molar-refractivity contribution in [3.05, 3.63) is 75.8 Å². The van der Waals surface area contributed by atoms with Crippen LogP contribution in [0.2, 0.25) is 10.2 Å². The molecule has 0 radical (unpaired) electrons. The van der Waals surface area contributed by atoms with Crippen LogP contribution < -0.4 is 10.7 Å². The lowest BCUT2D eigenvalue weighted by atomic mass is 10.3. The molecule has 0 fully saturated rings. The van der Waals surface area contributed by atoms with Gasteiger partial charge in [0, 0.05) is 10.7 Å². The molecule has 2 aromatic carbocycles. The number of nitrogens with zero attached hydrogens (tertiary/aromatic N) is 3. The molecule has 0 bridgehead atoms. The lowest BCUT2D eigenvalue weighted by molar-refractivity contribution is -0.119. The number of benzene rings is 2. The molecule has 0 aliphatic rings. The molecule has 0 unspecified atom stereocenters. The normalized spacial score (nSPS) is 11.0. The molecule has 0 saturated heterocycles.